The molecule has 0 aliphatic heterocycles. The molecule has 0 spiro atoms. The van der Waals surface area contributed by atoms with Crippen molar-refractivity contribution in [1.82, 2.24) is 59.8 Å². The van der Waals surface area contributed by atoms with E-state index in [9.17, 15) is 0 Å². The van der Waals surface area contributed by atoms with Crippen LogP contribution in [0.4, 0.5) is 0 Å². The standard InChI is InChI=1S/C87H66N12O6/c1-7-37-88-70(25-1)76-31-13-19-64(94-76)52-100-82-46-58-43-60-48-84(102-54-66-21-15-33-78(96-66)72-27-3-9-39-90-72)86(104-56-68-23-17-35-80(98-68)74-29-5-11-41-92-74)50-62(60)45-63-51-87(105-57-69-24-18-36-81(99-69)75-30-6-12-42-93-75)85(103-55-67-22-16-34-79(97-67)73-28-4-10-40-91-73)49-61(63)44-59(58)47-83(82)101-53-65-20-14-32-77(95-65)71-26-2-8-38-89-71/h1-42,46-51H,43-45,52-57H2. The third kappa shape index (κ3) is 16.2. The van der Waals surface area contributed by atoms with Gasteiger partial charge in [0.2, 0.25) is 0 Å². The maximum absolute atomic E-state index is 6.99. The fraction of sp³-hybridized carbons (Fsp3) is 0.103. The van der Waals surface area contributed by atoms with Gasteiger partial charge in [0.15, 0.2) is 34.5 Å². The predicted molar refractivity (Wildman–Crippen MR) is 399 cm³/mol. The van der Waals surface area contributed by atoms with Gasteiger partial charge in [0.1, 0.15) is 39.6 Å². The quantitative estimate of drug-likeness (QED) is 0.0550. The van der Waals surface area contributed by atoms with Gasteiger partial charge in [-0.05, 0) is 235 Å². The molecule has 0 bridgehead atoms. The van der Waals surface area contributed by atoms with Crippen molar-refractivity contribution in [2.24, 2.45) is 0 Å². The number of fused-ring (bicyclic) bond motifs is 3. The average molecular weight is 1380 g/mol. The lowest BCUT2D eigenvalue weighted by Crippen LogP contribution is -2.07. The van der Waals surface area contributed by atoms with Crippen molar-refractivity contribution in [3.63, 3.8) is 0 Å². The Morgan fingerprint density at radius 2 is 0.343 bits per heavy atom. The van der Waals surface area contributed by atoms with Crippen LogP contribution in [0, 0.1) is 0 Å². The van der Waals surface area contributed by atoms with Crippen molar-refractivity contribution in [3.05, 3.63) is 360 Å². The topological polar surface area (TPSA) is 210 Å². The first-order valence-electron chi connectivity index (χ1n) is 34.4. The molecule has 510 valence electrons. The maximum atomic E-state index is 6.99. The van der Waals surface area contributed by atoms with Crippen LogP contribution in [0.2, 0.25) is 0 Å². The van der Waals surface area contributed by atoms with Crippen molar-refractivity contribution in [2.75, 3.05) is 0 Å². The number of pyridine rings is 12. The second-order valence-electron chi connectivity index (χ2n) is 24.8. The Balaban J connectivity index is 0.836. The molecule has 16 rings (SSSR count). The molecule has 3 aromatic carbocycles. The molecule has 0 N–H and O–H groups in total. The van der Waals surface area contributed by atoms with Crippen molar-refractivity contribution >= 4 is 0 Å². The summed E-state index contributed by atoms with van der Waals surface area (Å²) in [5.41, 5.74) is 18.8. The highest BCUT2D eigenvalue weighted by atomic mass is 16.5. The molecule has 105 heavy (non-hydrogen) atoms. The summed E-state index contributed by atoms with van der Waals surface area (Å²) in [4.78, 5) is 57.7. The van der Waals surface area contributed by atoms with E-state index in [0.717, 1.165) is 102 Å². The first kappa shape index (κ1) is 65.8. The van der Waals surface area contributed by atoms with E-state index in [4.69, 9.17) is 58.3 Å². The third-order valence-corrected chi connectivity index (χ3v) is 17.6. The van der Waals surface area contributed by atoms with Crippen LogP contribution < -0.4 is 28.4 Å². The first-order chi connectivity index (χ1) is 51.9. The van der Waals surface area contributed by atoms with Crippen LogP contribution in [0.3, 0.4) is 0 Å². The molecule has 0 saturated heterocycles. The second-order valence-corrected chi connectivity index (χ2v) is 24.8. The molecule has 15 aromatic rings. The number of ether oxygens (including phenoxy) is 6. The minimum absolute atomic E-state index is 0.114. The summed E-state index contributed by atoms with van der Waals surface area (Å²) < 4.78 is 41.9. The summed E-state index contributed by atoms with van der Waals surface area (Å²) in [6.07, 6.45) is 11.9. The number of hydrogen-bond donors (Lipinski definition) is 0. The van der Waals surface area contributed by atoms with Crippen molar-refractivity contribution < 1.29 is 28.4 Å². The maximum Gasteiger partial charge on any atom is 0.162 e. The molecule has 0 atom stereocenters. The van der Waals surface area contributed by atoms with Crippen molar-refractivity contribution in [3.8, 4) is 103 Å². The summed E-state index contributed by atoms with van der Waals surface area (Å²) in [6, 6.07) is 82.4. The normalized spacial score (nSPS) is 11.5. The summed E-state index contributed by atoms with van der Waals surface area (Å²) in [6.45, 7) is 0.682. The minimum Gasteiger partial charge on any atom is -0.483 e. The van der Waals surface area contributed by atoms with E-state index in [2.05, 4.69) is 66.3 Å². The van der Waals surface area contributed by atoms with E-state index in [-0.39, 0.29) is 39.6 Å². The van der Waals surface area contributed by atoms with E-state index in [0.29, 0.717) is 87.9 Å². The summed E-state index contributed by atoms with van der Waals surface area (Å²) in [7, 11) is 0. The van der Waals surface area contributed by atoms with Crippen LogP contribution in [0.1, 0.15) is 67.5 Å². The molecule has 1 aliphatic carbocycles. The zero-order chi connectivity index (χ0) is 70.4. The lowest BCUT2D eigenvalue weighted by atomic mass is 9.94. The molecule has 18 nitrogen and oxygen atoms in total. The van der Waals surface area contributed by atoms with Gasteiger partial charge >= 0.3 is 0 Å². The Kier molecular flexibility index (Phi) is 19.7. The molecule has 0 fully saturated rings. The zero-order valence-electron chi connectivity index (χ0n) is 56.9. The van der Waals surface area contributed by atoms with Gasteiger partial charge in [-0.2, -0.15) is 0 Å². The van der Waals surface area contributed by atoms with Crippen LogP contribution >= 0.6 is 0 Å². The molecule has 0 saturated carbocycles. The molecule has 0 radical (unpaired) electrons. The SMILES string of the molecule is c1ccc(-c2cccc(COc3cc4c(cc3OCc3cccc(-c5ccccn5)n3)Cc3cc(OCc5cccc(-c6ccccn6)n5)c(OCc5cccc(-c6ccccn6)n5)cc3Cc3cc(OCc5cccc(-c6ccccn6)n5)c(OCc5cccc(-c6ccccn6)n5)cc3C4)n2)nc1. The monoisotopic (exact) mass is 1370 g/mol. The molecule has 0 unspecified atom stereocenters. The lowest BCUT2D eigenvalue weighted by Gasteiger charge is -2.20. The molecular formula is C87H66N12O6. The number of hydrogen-bond acceptors (Lipinski definition) is 18. The van der Waals surface area contributed by atoms with Crippen LogP contribution in [0.15, 0.2) is 292 Å². The van der Waals surface area contributed by atoms with Crippen molar-refractivity contribution in [2.45, 2.75) is 58.9 Å². The van der Waals surface area contributed by atoms with Crippen LogP contribution in [0.5, 0.6) is 34.5 Å². The summed E-state index contributed by atoms with van der Waals surface area (Å²) in [5, 5.41) is 0. The highest BCUT2D eigenvalue weighted by Crippen LogP contribution is 2.43. The molecular weight excluding hydrogens is 1310 g/mol. The largest absolute Gasteiger partial charge is 0.483 e. The Bertz CT molecular complexity index is 4620. The van der Waals surface area contributed by atoms with Gasteiger partial charge < -0.3 is 28.4 Å². The van der Waals surface area contributed by atoms with Gasteiger partial charge in [0, 0.05) is 37.2 Å². The molecule has 0 amide bonds. The molecule has 12 aromatic heterocycles. The van der Waals surface area contributed by atoms with Gasteiger partial charge in [-0.3, -0.25) is 29.9 Å². The number of nitrogens with zero attached hydrogens (tertiary/aromatic N) is 12. The Morgan fingerprint density at radius 3 is 0.495 bits per heavy atom. The van der Waals surface area contributed by atoms with E-state index < -0.39 is 0 Å². The highest BCUT2D eigenvalue weighted by Gasteiger charge is 2.25. The first-order valence-corrected chi connectivity index (χ1v) is 34.4. The Hall–Kier alpha value is -13.7. The fourth-order valence-electron chi connectivity index (χ4n) is 12.4. The third-order valence-electron chi connectivity index (χ3n) is 17.6. The van der Waals surface area contributed by atoms with E-state index in [1.807, 2.05) is 218 Å². The zero-order valence-corrected chi connectivity index (χ0v) is 56.9. The van der Waals surface area contributed by atoms with Gasteiger partial charge in [-0.25, -0.2) is 29.9 Å². The number of aromatic nitrogens is 12. The molecule has 1 aliphatic rings. The summed E-state index contributed by atoms with van der Waals surface area (Å²) >= 11 is 0. The average Bonchev–Trinajstić information content (AvgIpc) is 1.74. The van der Waals surface area contributed by atoms with Crippen LogP contribution in [-0.4, -0.2) is 59.8 Å². The van der Waals surface area contributed by atoms with Gasteiger partial charge in [-0.1, -0.05) is 72.8 Å². The Morgan fingerprint density at radius 1 is 0.181 bits per heavy atom. The fourth-order valence-corrected chi connectivity index (χ4v) is 12.4. The van der Waals surface area contributed by atoms with E-state index in [1.165, 1.54) is 0 Å². The number of rotatable bonds is 24. The minimum atomic E-state index is 0.114. The lowest BCUT2D eigenvalue weighted by molar-refractivity contribution is 0.251. The van der Waals surface area contributed by atoms with Gasteiger partial charge in [0.05, 0.1) is 102 Å². The van der Waals surface area contributed by atoms with Gasteiger partial charge in [-0.15, -0.1) is 0 Å². The predicted octanol–water partition coefficient (Wildman–Crippen LogP) is 17.0. The molecule has 18 heteroatoms. The van der Waals surface area contributed by atoms with E-state index >= 15 is 0 Å². The summed E-state index contributed by atoms with van der Waals surface area (Å²) in [5.74, 6) is 3.03. The highest BCUT2D eigenvalue weighted by molar-refractivity contribution is 5.62. The van der Waals surface area contributed by atoms with Crippen LogP contribution in [-0.2, 0) is 58.9 Å². The second kappa shape index (κ2) is 31.4. The smallest absolute Gasteiger partial charge is 0.162 e. The Labute approximate surface area is 606 Å². The van der Waals surface area contributed by atoms with Crippen LogP contribution in [0.25, 0.3) is 68.3 Å². The molecule has 12 heterocycles. The van der Waals surface area contributed by atoms with Gasteiger partial charge in [0.25, 0.3) is 0 Å². The van der Waals surface area contributed by atoms with E-state index in [1.54, 1.807) is 37.2 Å². The number of benzene rings is 3. The van der Waals surface area contributed by atoms with Crippen molar-refractivity contribution in [1.29, 1.82) is 0 Å².